The second-order valence-corrected chi connectivity index (χ2v) is 19.8. The van der Waals surface area contributed by atoms with Gasteiger partial charge in [-0.05, 0) is 144 Å². The fraction of sp³-hybridized carbons (Fsp3) is 0.119. The zero-order valence-electron chi connectivity index (χ0n) is 39.3. The summed E-state index contributed by atoms with van der Waals surface area (Å²) in [5, 5.41) is 11.3. The summed E-state index contributed by atoms with van der Waals surface area (Å²) in [6, 6.07) is 63.5. The summed E-state index contributed by atoms with van der Waals surface area (Å²) < 4.78 is 2.57. The van der Waals surface area contributed by atoms with E-state index in [9.17, 15) is 0 Å². The predicted octanol–water partition coefficient (Wildman–Crippen LogP) is 17.3. The van der Waals surface area contributed by atoms with Crippen molar-refractivity contribution in [2.45, 2.75) is 37.6 Å². The number of nitrogens with zero attached hydrogens (tertiary/aromatic N) is 3. The minimum Gasteiger partial charge on any atom is -0.366 e. The van der Waals surface area contributed by atoms with Crippen molar-refractivity contribution in [1.29, 1.82) is 0 Å². The van der Waals surface area contributed by atoms with Gasteiger partial charge >= 0.3 is 0 Å². The minimum atomic E-state index is 0.256. The highest BCUT2D eigenvalue weighted by atomic mass is 15.1. The Morgan fingerprint density at radius 2 is 1.20 bits per heavy atom. The summed E-state index contributed by atoms with van der Waals surface area (Å²) >= 11 is 0. The van der Waals surface area contributed by atoms with E-state index in [-0.39, 0.29) is 5.92 Å². The first-order valence-electron chi connectivity index (χ1n) is 25.0. The van der Waals surface area contributed by atoms with Crippen LogP contribution in [0.2, 0.25) is 0 Å². The average Bonchev–Trinajstić information content (AvgIpc) is 3.77. The molecular formula is C67H51N3. The van der Waals surface area contributed by atoms with Crippen molar-refractivity contribution in [3.05, 3.63) is 240 Å². The number of aromatic nitrogens is 1. The van der Waals surface area contributed by atoms with Gasteiger partial charge in [-0.15, -0.1) is 0 Å². The molecule has 2 heterocycles. The van der Waals surface area contributed by atoms with Crippen LogP contribution in [-0.4, -0.2) is 23.9 Å². The van der Waals surface area contributed by atoms with Crippen LogP contribution in [0.25, 0.3) is 87.9 Å². The molecule has 0 radical (unpaired) electrons. The lowest BCUT2D eigenvalue weighted by atomic mass is 9.86. The van der Waals surface area contributed by atoms with Gasteiger partial charge in [-0.1, -0.05) is 182 Å². The maximum atomic E-state index is 5.68. The molecule has 334 valence electrons. The Hall–Kier alpha value is -8.27. The quantitative estimate of drug-likeness (QED) is 0.152. The van der Waals surface area contributed by atoms with Crippen molar-refractivity contribution < 1.29 is 0 Å². The van der Waals surface area contributed by atoms with Gasteiger partial charge in [0.05, 0.1) is 29.7 Å². The molecule has 0 fully saturated rings. The second kappa shape index (κ2) is 16.5. The Bertz CT molecular complexity index is 4020. The van der Waals surface area contributed by atoms with Crippen molar-refractivity contribution in [1.82, 2.24) is 4.57 Å². The predicted molar refractivity (Wildman–Crippen MR) is 299 cm³/mol. The third-order valence-corrected chi connectivity index (χ3v) is 15.6. The molecule has 2 atom stereocenters. The van der Waals surface area contributed by atoms with Crippen LogP contribution >= 0.6 is 0 Å². The van der Waals surface area contributed by atoms with Gasteiger partial charge in [0.1, 0.15) is 0 Å². The van der Waals surface area contributed by atoms with E-state index in [0.29, 0.717) is 6.04 Å². The van der Waals surface area contributed by atoms with E-state index in [1.54, 1.807) is 0 Å². The van der Waals surface area contributed by atoms with Crippen molar-refractivity contribution in [3.8, 4) is 22.3 Å². The molecule has 3 heteroatoms. The Morgan fingerprint density at radius 1 is 0.514 bits per heavy atom. The molecule has 0 saturated carbocycles. The van der Waals surface area contributed by atoms with E-state index in [2.05, 4.69) is 235 Å². The van der Waals surface area contributed by atoms with Crippen LogP contribution in [0.15, 0.2) is 223 Å². The molecule has 0 N–H and O–H groups in total. The molecular weight excluding hydrogens is 847 g/mol. The molecule has 2 unspecified atom stereocenters. The van der Waals surface area contributed by atoms with Crippen molar-refractivity contribution in [2.75, 3.05) is 18.5 Å². The van der Waals surface area contributed by atoms with E-state index in [1.165, 1.54) is 115 Å². The van der Waals surface area contributed by atoms with Crippen LogP contribution in [-0.2, 0) is 6.42 Å². The van der Waals surface area contributed by atoms with Gasteiger partial charge < -0.3 is 9.47 Å². The number of aliphatic imine (C=N–C) groups is 1. The van der Waals surface area contributed by atoms with E-state index in [4.69, 9.17) is 4.99 Å². The van der Waals surface area contributed by atoms with Gasteiger partial charge in [0.2, 0.25) is 0 Å². The molecule has 3 aliphatic carbocycles. The number of fused-ring (bicyclic) bond motifs is 11. The fourth-order valence-corrected chi connectivity index (χ4v) is 12.1. The van der Waals surface area contributed by atoms with Gasteiger partial charge in [-0.25, -0.2) is 4.99 Å². The third-order valence-electron chi connectivity index (χ3n) is 15.6. The molecule has 4 aliphatic rings. The first-order valence-corrected chi connectivity index (χ1v) is 25.0. The number of anilines is 1. The van der Waals surface area contributed by atoms with Gasteiger partial charge in [0.25, 0.3) is 0 Å². The third kappa shape index (κ3) is 6.83. The number of para-hydroxylation sites is 1. The monoisotopic (exact) mass is 897 g/mol. The zero-order chi connectivity index (χ0) is 46.3. The van der Waals surface area contributed by atoms with Crippen LogP contribution in [0, 0.1) is 0 Å². The van der Waals surface area contributed by atoms with Crippen molar-refractivity contribution in [3.63, 3.8) is 0 Å². The zero-order valence-corrected chi connectivity index (χ0v) is 39.3. The Kier molecular flexibility index (Phi) is 9.59. The molecule has 0 spiro atoms. The van der Waals surface area contributed by atoms with Crippen LogP contribution in [0.5, 0.6) is 0 Å². The number of aryl methyl sites for hydroxylation is 1. The average molecular weight is 898 g/mol. The minimum absolute atomic E-state index is 0.256. The van der Waals surface area contributed by atoms with Gasteiger partial charge in [0, 0.05) is 40.3 Å². The Morgan fingerprint density at radius 3 is 1.96 bits per heavy atom. The maximum absolute atomic E-state index is 5.68. The van der Waals surface area contributed by atoms with Crippen molar-refractivity contribution in [2.24, 2.45) is 4.99 Å². The first kappa shape index (κ1) is 40.8. The summed E-state index contributed by atoms with van der Waals surface area (Å²) in [5.74, 6) is 0.256. The van der Waals surface area contributed by atoms with Crippen LogP contribution in [0.1, 0.15) is 53.6 Å². The molecule has 0 bridgehead atoms. The van der Waals surface area contributed by atoms with Gasteiger partial charge in [0.15, 0.2) is 0 Å². The number of hydrogen-bond acceptors (Lipinski definition) is 2. The lowest BCUT2D eigenvalue weighted by Gasteiger charge is -2.31. The molecule has 9 aromatic carbocycles. The summed E-state index contributed by atoms with van der Waals surface area (Å²) in [5.41, 5.74) is 17.6. The highest BCUT2D eigenvalue weighted by Gasteiger charge is 2.27. The van der Waals surface area contributed by atoms with Crippen LogP contribution < -0.4 is 4.90 Å². The number of hydrogen-bond donors (Lipinski definition) is 0. The Labute approximate surface area is 409 Å². The summed E-state index contributed by atoms with van der Waals surface area (Å²) in [6.07, 6.45) is 23.2. The molecule has 0 saturated heterocycles. The highest BCUT2D eigenvalue weighted by molar-refractivity contribution is 6.24. The molecule has 70 heavy (non-hydrogen) atoms. The van der Waals surface area contributed by atoms with E-state index < -0.39 is 0 Å². The van der Waals surface area contributed by atoms with Crippen LogP contribution in [0.4, 0.5) is 11.4 Å². The fourth-order valence-electron chi connectivity index (χ4n) is 12.1. The molecule has 10 aromatic rings. The largest absolute Gasteiger partial charge is 0.366 e. The molecule has 1 aliphatic heterocycles. The normalized spacial score (nSPS) is 17.6. The van der Waals surface area contributed by atoms with E-state index in [0.717, 1.165) is 43.6 Å². The molecule has 0 amide bonds. The second-order valence-electron chi connectivity index (χ2n) is 19.8. The smallest absolute Gasteiger partial charge is 0.0952 e. The van der Waals surface area contributed by atoms with Gasteiger partial charge in [-0.3, -0.25) is 0 Å². The standard InChI is InChI=1S/C67H51N3/c1-69-42-63(55-19-11-18-50(39-55)49-17-10-16-48(36-49)45-28-32-56(33-29-45)70-64-22-8-6-20-57(64)58-21-7-9-23-65(58)70)68-66-59-34-30-53(51-26-24-43-12-2-4-14-46(43)37-51)40-61(59)62-41-54(31-35-60(62)67(66)69)52-27-25-44-13-3-5-15-47(44)38-52/h2-6,8-17,19-20,22-32,34-41,50,56H,7,18,21,33,42H2,1H3. The first-order chi connectivity index (χ1) is 34.6. The van der Waals surface area contributed by atoms with Crippen LogP contribution in [0.3, 0.4) is 0 Å². The molecule has 14 rings (SSSR count). The Balaban J connectivity index is 0.822. The van der Waals surface area contributed by atoms with E-state index in [1.807, 2.05) is 0 Å². The van der Waals surface area contributed by atoms with Crippen molar-refractivity contribution >= 4 is 82.7 Å². The van der Waals surface area contributed by atoms with E-state index >= 15 is 0 Å². The van der Waals surface area contributed by atoms with Gasteiger partial charge in [-0.2, -0.15) is 0 Å². The lowest BCUT2D eigenvalue weighted by molar-refractivity contribution is 0.622. The SMILES string of the molecule is CN1CC(C2=CC(c3cccc(C4=CCC(n5c6c(c7ccccc75)CCC=C6)C=C4)c3)CC=C2)=Nc2c1c1ccc(-c3ccc4ccccc4c3)cc1c1cc(-c3ccc4ccccc4c3)ccc21. The maximum Gasteiger partial charge on any atom is 0.0952 e. The lowest BCUT2D eigenvalue weighted by Crippen LogP contribution is -2.30. The topological polar surface area (TPSA) is 20.5 Å². The number of allylic oxidation sites excluding steroid dienone is 8. The number of benzene rings is 9. The molecule has 1 aromatic heterocycles. The summed E-state index contributed by atoms with van der Waals surface area (Å²) in [7, 11) is 2.24. The summed E-state index contributed by atoms with van der Waals surface area (Å²) in [6.45, 7) is 0.729. The highest BCUT2D eigenvalue weighted by Crippen LogP contribution is 2.48. The number of rotatable bonds is 6. The molecule has 3 nitrogen and oxygen atoms in total. The summed E-state index contributed by atoms with van der Waals surface area (Å²) in [4.78, 5) is 8.11.